The molecule has 17 heavy (non-hydrogen) atoms. The second kappa shape index (κ2) is 5.77. The van der Waals surface area contributed by atoms with Crippen molar-refractivity contribution >= 4 is 17.6 Å². The molecule has 0 aliphatic heterocycles. The molecule has 0 aromatic carbocycles. The first-order valence-electron chi connectivity index (χ1n) is 4.62. The molecule has 0 unspecified atom stereocenters. The molecule has 94 valence electrons. The van der Waals surface area contributed by atoms with E-state index in [1.165, 1.54) is 13.2 Å². The Morgan fingerprint density at radius 3 is 2.71 bits per heavy atom. The van der Waals surface area contributed by atoms with Crippen LogP contribution in [-0.2, 0) is 17.1 Å². The summed E-state index contributed by atoms with van der Waals surface area (Å²) in [4.78, 5) is 14.4. The lowest BCUT2D eigenvalue weighted by Crippen LogP contribution is -2.09. The summed E-state index contributed by atoms with van der Waals surface area (Å²) in [6, 6.07) is 1.19. The van der Waals surface area contributed by atoms with Crippen molar-refractivity contribution in [2.45, 2.75) is 18.7 Å². The smallest absolute Gasteiger partial charge is 0.307 e. The van der Waals surface area contributed by atoms with Crippen molar-refractivity contribution < 1.29 is 23.4 Å². The van der Waals surface area contributed by atoms with E-state index < -0.39 is 24.4 Å². The Kier molecular flexibility index (Phi) is 4.62. The van der Waals surface area contributed by atoms with E-state index in [0.29, 0.717) is 0 Å². The van der Waals surface area contributed by atoms with Crippen molar-refractivity contribution in [3.8, 4) is 5.88 Å². The number of aromatic nitrogens is 1. The lowest BCUT2D eigenvalue weighted by molar-refractivity contribution is -0.136. The number of methoxy groups -OCH3 is 1. The number of rotatable bonds is 5. The molecule has 4 nitrogen and oxygen atoms in total. The van der Waals surface area contributed by atoms with E-state index in [1.807, 2.05) is 0 Å². The number of hydrogen-bond donors (Lipinski definition) is 1. The van der Waals surface area contributed by atoms with E-state index in [0.717, 1.165) is 0 Å². The molecule has 1 aromatic heterocycles. The largest absolute Gasteiger partial charge is 0.481 e. The second-order valence-corrected chi connectivity index (χ2v) is 3.46. The quantitative estimate of drug-likeness (QED) is 0.831. The molecule has 0 aliphatic carbocycles. The molecule has 7 heteroatoms. The van der Waals surface area contributed by atoms with Gasteiger partial charge in [0.25, 0.3) is 6.43 Å². The molecule has 0 radical (unpaired) electrons. The Bertz CT molecular complexity index is 426. The van der Waals surface area contributed by atoms with Crippen LogP contribution in [0.15, 0.2) is 6.07 Å². The number of carboxylic acid groups (broad SMARTS) is 1. The lowest BCUT2D eigenvalue weighted by atomic mass is 10.0. The molecular formula is C10H10ClF2NO3. The van der Waals surface area contributed by atoms with Gasteiger partial charge < -0.3 is 9.84 Å². The molecule has 1 N–H and O–H groups in total. The van der Waals surface area contributed by atoms with E-state index in [4.69, 9.17) is 21.4 Å². The van der Waals surface area contributed by atoms with E-state index in [1.54, 1.807) is 0 Å². The Hall–Kier alpha value is -1.43. The summed E-state index contributed by atoms with van der Waals surface area (Å²) in [5.41, 5.74) is -0.518. The van der Waals surface area contributed by atoms with Gasteiger partial charge in [0.2, 0.25) is 5.88 Å². The summed E-state index contributed by atoms with van der Waals surface area (Å²) >= 11 is 5.51. The van der Waals surface area contributed by atoms with Crippen LogP contribution in [0.2, 0.25) is 0 Å². The molecule has 0 spiro atoms. The second-order valence-electron chi connectivity index (χ2n) is 3.19. The van der Waals surface area contributed by atoms with Crippen LogP contribution >= 0.6 is 11.6 Å². The molecule has 0 bridgehead atoms. The minimum Gasteiger partial charge on any atom is -0.481 e. The summed E-state index contributed by atoms with van der Waals surface area (Å²) in [5, 5.41) is 8.66. The third kappa shape index (κ3) is 3.26. The van der Waals surface area contributed by atoms with E-state index >= 15 is 0 Å². The van der Waals surface area contributed by atoms with Crippen LogP contribution in [0, 0.1) is 0 Å². The van der Waals surface area contributed by atoms with Gasteiger partial charge in [0.1, 0.15) is 0 Å². The number of aliphatic carboxylic acids is 1. The summed E-state index contributed by atoms with van der Waals surface area (Å²) < 4.78 is 30.5. The average Bonchev–Trinajstić information content (AvgIpc) is 2.26. The van der Waals surface area contributed by atoms with Gasteiger partial charge in [-0.25, -0.2) is 13.8 Å². The van der Waals surface area contributed by atoms with E-state index in [9.17, 15) is 13.6 Å². The maximum Gasteiger partial charge on any atom is 0.307 e. The topological polar surface area (TPSA) is 59.4 Å². The molecule has 1 aromatic rings. The number of halogens is 3. The Labute approximate surface area is 101 Å². The van der Waals surface area contributed by atoms with Gasteiger partial charge >= 0.3 is 5.97 Å². The molecule has 0 saturated carbocycles. The fraction of sp³-hybridized carbons (Fsp3) is 0.400. The van der Waals surface area contributed by atoms with Crippen LogP contribution in [0.4, 0.5) is 8.78 Å². The van der Waals surface area contributed by atoms with Gasteiger partial charge in [-0.2, -0.15) is 0 Å². The van der Waals surface area contributed by atoms with Gasteiger partial charge in [-0.15, -0.1) is 11.6 Å². The molecule has 0 fully saturated rings. The van der Waals surface area contributed by atoms with Crippen molar-refractivity contribution in [2.24, 2.45) is 0 Å². The standard InChI is InChI=1S/C10H10ClF2NO3/c1-17-7-2-5(3-8(15)16)9(10(12)13)6(4-11)14-7/h2,10H,3-4H2,1H3,(H,15,16). The van der Waals surface area contributed by atoms with Crippen molar-refractivity contribution in [1.82, 2.24) is 4.98 Å². The van der Waals surface area contributed by atoms with E-state index in [2.05, 4.69) is 4.98 Å². The van der Waals surface area contributed by atoms with Crippen LogP contribution in [0.25, 0.3) is 0 Å². The summed E-state index contributed by atoms with van der Waals surface area (Å²) in [7, 11) is 1.31. The third-order valence-electron chi connectivity index (χ3n) is 2.10. The number of alkyl halides is 3. The molecule has 0 atom stereocenters. The predicted octanol–water partition coefficient (Wildman–Crippen LogP) is 2.39. The first-order valence-corrected chi connectivity index (χ1v) is 5.15. The Morgan fingerprint density at radius 2 is 2.29 bits per heavy atom. The molecule has 0 aliphatic rings. The number of carboxylic acids is 1. The van der Waals surface area contributed by atoms with Crippen LogP contribution in [-0.4, -0.2) is 23.2 Å². The summed E-state index contributed by atoms with van der Waals surface area (Å²) in [6.45, 7) is 0. The first-order chi connectivity index (χ1) is 7.99. The van der Waals surface area contributed by atoms with Gasteiger partial charge in [0, 0.05) is 11.6 Å². The monoisotopic (exact) mass is 265 g/mol. The molecule has 1 heterocycles. The van der Waals surface area contributed by atoms with Crippen LogP contribution in [0.3, 0.4) is 0 Å². The molecular weight excluding hydrogens is 256 g/mol. The first kappa shape index (κ1) is 13.6. The number of hydrogen-bond acceptors (Lipinski definition) is 3. The van der Waals surface area contributed by atoms with Gasteiger partial charge in [-0.05, 0) is 5.56 Å². The lowest BCUT2D eigenvalue weighted by Gasteiger charge is -2.12. The van der Waals surface area contributed by atoms with Gasteiger partial charge in [-0.3, -0.25) is 4.79 Å². The minimum atomic E-state index is -2.82. The van der Waals surface area contributed by atoms with Crippen LogP contribution < -0.4 is 4.74 Å². The average molecular weight is 266 g/mol. The zero-order chi connectivity index (χ0) is 13.0. The van der Waals surface area contributed by atoms with E-state index in [-0.39, 0.29) is 23.0 Å². The highest BCUT2D eigenvalue weighted by molar-refractivity contribution is 6.17. The maximum absolute atomic E-state index is 12.8. The third-order valence-corrected chi connectivity index (χ3v) is 2.35. The predicted molar refractivity (Wildman–Crippen MR) is 56.6 cm³/mol. The van der Waals surface area contributed by atoms with Crippen molar-refractivity contribution in [3.63, 3.8) is 0 Å². The van der Waals surface area contributed by atoms with Crippen molar-refractivity contribution in [2.75, 3.05) is 7.11 Å². The fourth-order valence-electron chi connectivity index (χ4n) is 1.42. The fourth-order valence-corrected chi connectivity index (χ4v) is 1.62. The van der Waals surface area contributed by atoms with Crippen molar-refractivity contribution in [3.05, 3.63) is 22.9 Å². The van der Waals surface area contributed by atoms with Gasteiger partial charge in [0.15, 0.2) is 0 Å². The summed E-state index contributed by atoms with van der Waals surface area (Å²) in [5.74, 6) is -1.37. The molecule has 0 saturated heterocycles. The van der Waals surface area contributed by atoms with Crippen LogP contribution in [0.1, 0.15) is 23.2 Å². The molecule has 0 amide bonds. The zero-order valence-electron chi connectivity index (χ0n) is 8.91. The van der Waals surface area contributed by atoms with Crippen LogP contribution in [0.5, 0.6) is 5.88 Å². The highest BCUT2D eigenvalue weighted by Gasteiger charge is 2.21. The normalized spacial score (nSPS) is 10.6. The number of pyridine rings is 1. The van der Waals surface area contributed by atoms with Gasteiger partial charge in [0.05, 0.1) is 25.1 Å². The Morgan fingerprint density at radius 1 is 1.65 bits per heavy atom. The van der Waals surface area contributed by atoms with Crippen molar-refractivity contribution in [1.29, 1.82) is 0 Å². The number of ether oxygens (including phenoxy) is 1. The minimum absolute atomic E-state index is 0.0324. The number of carbonyl (C=O) groups is 1. The van der Waals surface area contributed by atoms with Gasteiger partial charge in [-0.1, -0.05) is 0 Å². The maximum atomic E-state index is 12.8. The molecule has 1 rings (SSSR count). The highest BCUT2D eigenvalue weighted by Crippen LogP contribution is 2.29. The SMILES string of the molecule is COc1cc(CC(=O)O)c(C(F)F)c(CCl)n1. The number of nitrogens with zero attached hydrogens (tertiary/aromatic N) is 1. The Balaban J connectivity index is 3.35. The zero-order valence-corrected chi connectivity index (χ0v) is 9.67. The summed E-state index contributed by atoms with van der Waals surface area (Å²) in [6.07, 6.45) is -3.35. The highest BCUT2D eigenvalue weighted by atomic mass is 35.5.